The molecule has 0 aromatic heterocycles. The number of nitrogens with zero attached hydrogens (tertiary/aromatic N) is 4. The van der Waals surface area contributed by atoms with Gasteiger partial charge in [-0.1, -0.05) is 23.7 Å². The number of nitrogens with one attached hydrogen (secondary N) is 2. The molecular weight excluding hydrogens is 388 g/mol. The van der Waals surface area contributed by atoms with Gasteiger partial charge in [0.15, 0.2) is 5.96 Å². The Morgan fingerprint density at radius 1 is 1.21 bits per heavy atom. The number of aliphatic imine (C=N–C) groups is 1. The minimum absolute atomic E-state index is 0.153. The Balaban J connectivity index is 1.48. The van der Waals surface area contributed by atoms with Crippen molar-refractivity contribution < 1.29 is 4.79 Å². The standard InChI is InChI=1S/C21H33ClN6O/c1-23-21(24-14-19(26(2)3)16-4-6-17(22)7-5-16)28-12-10-27(11-13-28)15-20(29)25-18-8-9-18/h4-7,18-19H,8-15H2,1-3H3,(H,23,24)(H,25,29). The summed E-state index contributed by atoms with van der Waals surface area (Å²) in [5.74, 6) is 1.06. The number of halogens is 1. The summed E-state index contributed by atoms with van der Waals surface area (Å²) in [6.45, 7) is 4.72. The van der Waals surface area contributed by atoms with Crippen LogP contribution in [0.1, 0.15) is 24.4 Å². The van der Waals surface area contributed by atoms with Crippen molar-refractivity contribution in [1.29, 1.82) is 0 Å². The van der Waals surface area contributed by atoms with Crippen LogP contribution in [0.15, 0.2) is 29.3 Å². The average molecular weight is 421 g/mol. The Morgan fingerprint density at radius 3 is 2.41 bits per heavy atom. The van der Waals surface area contributed by atoms with E-state index in [0.717, 1.165) is 56.5 Å². The summed E-state index contributed by atoms with van der Waals surface area (Å²) >= 11 is 6.03. The van der Waals surface area contributed by atoms with E-state index >= 15 is 0 Å². The SMILES string of the molecule is CN=C(NCC(c1ccc(Cl)cc1)N(C)C)N1CCN(CC(=O)NC2CC2)CC1. The number of carbonyl (C=O) groups is 1. The lowest BCUT2D eigenvalue weighted by molar-refractivity contribution is -0.122. The van der Waals surface area contributed by atoms with E-state index in [-0.39, 0.29) is 11.9 Å². The maximum Gasteiger partial charge on any atom is 0.234 e. The smallest absolute Gasteiger partial charge is 0.234 e. The number of carbonyl (C=O) groups excluding carboxylic acids is 1. The number of likely N-dealkylation sites (N-methyl/N-ethyl adjacent to an activating group) is 1. The van der Waals surface area contributed by atoms with E-state index in [1.165, 1.54) is 5.56 Å². The van der Waals surface area contributed by atoms with Crippen molar-refractivity contribution in [3.05, 3.63) is 34.9 Å². The van der Waals surface area contributed by atoms with Gasteiger partial charge in [-0.25, -0.2) is 0 Å². The maximum atomic E-state index is 12.0. The number of benzene rings is 1. The van der Waals surface area contributed by atoms with Gasteiger partial charge in [0.05, 0.1) is 12.6 Å². The first-order chi connectivity index (χ1) is 14.0. The second-order valence-corrected chi connectivity index (χ2v) is 8.50. The van der Waals surface area contributed by atoms with Crippen LogP contribution >= 0.6 is 11.6 Å². The van der Waals surface area contributed by atoms with Gasteiger partial charge in [0.1, 0.15) is 0 Å². The van der Waals surface area contributed by atoms with E-state index in [4.69, 9.17) is 11.6 Å². The van der Waals surface area contributed by atoms with Crippen LogP contribution in [0.4, 0.5) is 0 Å². The summed E-state index contributed by atoms with van der Waals surface area (Å²) in [6, 6.07) is 8.65. The van der Waals surface area contributed by atoms with Gasteiger partial charge < -0.3 is 20.4 Å². The van der Waals surface area contributed by atoms with E-state index < -0.39 is 0 Å². The van der Waals surface area contributed by atoms with Crippen molar-refractivity contribution in [3.63, 3.8) is 0 Å². The van der Waals surface area contributed by atoms with E-state index in [1.54, 1.807) is 0 Å². The molecule has 1 aromatic carbocycles. The highest BCUT2D eigenvalue weighted by molar-refractivity contribution is 6.30. The molecule has 1 unspecified atom stereocenters. The fourth-order valence-corrected chi connectivity index (χ4v) is 3.75. The van der Waals surface area contributed by atoms with Crippen molar-refractivity contribution in [2.45, 2.75) is 24.9 Å². The van der Waals surface area contributed by atoms with Crippen LogP contribution < -0.4 is 10.6 Å². The average Bonchev–Trinajstić information content (AvgIpc) is 3.51. The Morgan fingerprint density at radius 2 is 1.86 bits per heavy atom. The van der Waals surface area contributed by atoms with Gasteiger partial charge in [-0.2, -0.15) is 0 Å². The predicted molar refractivity (Wildman–Crippen MR) is 118 cm³/mol. The largest absolute Gasteiger partial charge is 0.354 e. The number of amides is 1. The van der Waals surface area contributed by atoms with Gasteiger partial charge in [0.2, 0.25) is 5.91 Å². The Hall–Kier alpha value is -1.83. The lowest BCUT2D eigenvalue weighted by Gasteiger charge is -2.37. The van der Waals surface area contributed by atoms with E-state index in [2.05, 4.69) is 56.6 Å². The summed E-state index contributed by atoms with van der Waals surface area (Å²) in [5, 5.41) is 7.34. The minimum atomic E-state index is 0.153. The van der Waals surface area contributed by atoms with Crippen molar-refractivity contribution >= 4 is 23.5 Å². The zero-order valence-corrected chi connectivity index (χ0v) is 18.5. The molecule has 0 bridgehead atoms. The first-order valence-electron chi connectivity index (χ1n) is 10.4. The van der Waals surface area contributed by atoms with Crippen LogP contribution in [0.25, 0.3) is 0 Å². The maximum absolute atomic E-state index is 12.0. The molecule has 8 heteroatoms. The molecule has 1 heterocycles. The number of hydrogen-bond acceptors (Lipinski definition) is 4. The highest BCUT2D eigenvalue weighted by atomic mass is 35.5. The number of guanidine groups is 1. The van der Waals surface area contributed by atoms with Crippen LogP contribution in [0.5, 0.6) is 0 Å². The molecule has 2 fully saturated rings. The number of rotatable bonds is 7. The molecule has 3 rings (SSSR count). The van der Waals surface area contributed by atoms with E-state index in [9.17, 15) is 4.79 Å². The molecule has 0 radical (unpaired) electrons. The van der Waals surface area contributed by atoms with E-state index in [0.29, 0.717) is 12.6 Å². The van der Waals surface area contributed by atoms with Gasteiger partial charge in [0.25, 0.3) is 0 Å². The van der Waals surface area contributed by atoms with Gasteiger partial charge in [-0.15, -0.1) is 0 Å². The molecule has 1 amide bonds. The molecule has 7 nitrogen and oxygen atoms in total. The molecular formula is C21H33ClN6O. The van der Waals surface area contributed by atoms with Crippen molar-refractivity contribution in [2.24, 2.45) is 4.99 Å². The summed E-state index contributed by atoms with van der Waals surface area (Å²) in [4.78, 5) is 23.2. The Labute approximate surface area is 179 Å². The fourth-order valence-electron chi connectivity index (χ4n) is 3.63. The summed E-state index contributed by atoms with van der Waals surface area (Å²) in [7, 11) is 5.98. The molecule has 1 aromatic rings. The van der Waals surface area contributed by atoms with Crippen LogP contribution in [-0.4, -0.2) is 93.0 Å². The lowest BCUT2D eigenvalue weighted by atomic mass is 10.1. The minimum Gasteiger partial charge on any atom is -0.354 e. The zero-order valence-electron chi connectivity index (χ0n) is 17.7. The van der Waals surface area contributed by atoms with Gasteiger partial charge in [0, 0.05) is 50.8 Å². The third-order valence-corrected chi connectivity index (χ3v) is 5.78. The summed E-state index contributed by atoms with van der Waals surface area (Å²) in [5.41, 5.74) is 1.22. The third kappa shape index (κ3) is 6.59. The number of hydrogen-bond donors (Lipinski definition) is 2. The van der Waals surface area contributed by atoms with Crippen LogP contribution in [0.2, 0.25) is 5.02 Å². The van der Waals surface area contributed by atoms with Crippen LogP contribution in [0.3, 0.4) is 0 Å². The van der Waals surface area contributed by atoms with Crippen LogP contribution in [0, 0.1) is 0 Å². The molecule has 1 saturated carbocycles. The van der Waals surface area contributed by atoms with Crippen molar-refractivity contribution in [2.75, 3.05) is 60.4 Å². The third-order valence-electron chi connectivity index (χ3n) is 5.52. The Bertz CT molecular complexity index is 696. The van der Waals surface area contributed by atoms with Crippen LogP contribution in [-0.2, 0) is 4.79 Å². The topological polar surface area (TPSA) is 63.2 Å². The van der Waals surface area contributed by atoms with Crippen molar-refractivity contribution in [3.8, 4) is 0 Å². The zero-order chi connectivity index (χ0) is 20.8. The molecule has 1 aliphatic carbocycles. The molecule has 1 aliphatic heterocycles. The quantitative estimate of drug-likeness (QED) is 0.516. The molecule has 1 saturated heterocycles. The second-order valence-electron chi connectivity index (χ2n) is 8.06. The molecule has 2 aliphatic rings. The highest BCUT2D eigenvalue weighted by Crippen LogP contribution is 2.20. The summed E-state index contributed by atoms with van der Waals surface area (Å²) in [6.07, 6.45) is 2.26. The lowest BCUT2D eigenvalue weighted by Crippen LogP contribution is -2.54. The first-order valence-corrected chi connectivity index (χ1v) is 10.7. The highest BCUT2D eigenvalue weighted by Gasteiger charge is 2.26. The summed E-state index contributed by atoms with van der Waals surface area (Å²) < 4.78 is 0. The number of piperazine rings is 1. The molecule has 1 atom stereocenters. The monoisotopic (exact) mass is 420 g/mol. The fraction of sp³-hybridized carbons (Fsp3) is 0.619. The van der Waals surface area contributed by atoms with E-state index in [1.807, 2.05) is 19.2 Å². The van der Waals surface area contributed by atoms with Gasteiger partial charge in [-0.3, -0.25) is 14.7 Å². The predicted octanol–water partition coefficient (Wildman–Crippen LogP) is 1.41. The molecule has 160 valence electrons. The Kier molecular flexibility index (Phi) is 7.75. The van der Waals surface area contributed by atoms with Crippen molar-refractivity contribution in [1.82, 2.24) is 25.3 Å². The second kappa shape index (κ2) is 10.3. The molecule has 29 heavy (non-hydrogen) atoms. The first kappa shape index (κ1) is 21.9. The van der Waals surface area contributed by atoms with Gasteiger partial charge >= 0.3 is 0 Å². The van der Waals surface area contributed by atoms with Gasteiger partial charge in [-0.05, 0) is 44.6 Å². The molecule has 2 N–H and O–H groups in total. The normalized spacial score (nSPS) is 19.3. The molecule has 0 spiro atoms.